The third-order valence-corrected chi connectivity index (χ3v) is 8.08. The molecule has 0 amide bonds. The van der Waals surface area contributed by atoms with Crippen molar-refractivity contribution in [3.63, 3.8) is 0 Å². The monoisotopic (exact) mass is 511 g/mol. The van der Waals surface area contributed by atoms with E-state index in [1.165, 1.54) is 38.3 Å². The van der Waals surface area contributed by atoms with E-state index in [0.717, 1.165) is 40.4 Å². The number of hydrogen-bond donors (Lipinski definition) is 1. The Labute approximate surface area is 222 Å². The lowest BCUT2D eigenvalue weighted by Crippen LogP contribution is -2.25. The lowest BCUT2D eigenvalue weighted by molar-refractivity contribution is 0.0695. The van der Waals surface area contributed by atoms with Gasteiger partial charge in [0.15, 0.2) is 0 Å². The minimum absolute atomic E-state index is 0.0117. The van der Waals surface area contributed by atoms with Crippen LogP contribution >= 0.6 is 0 Å². The number of aromatic nitrogens is 3. The first-order valence-electron chi connectivity index (χ1n) is 13.6. The van der Waals surface area contributed by atoms with Gasteiger partial charge < -0.3 is 14.4 Å². The second kappa shape index (κ2) is 10.1. The van der Waals surface area contributed by atoms with E-state index in [-0.39, 0.29) is 23.5 Å². The number of carboxylic acid groups (broad SMARTS) is 1. The third-order valence-electron chi connectivity index (χ3n) is 8.08. The summed E-state index contributed by atoms with van der Waals surface area (Å²) in [7, 11) is 0. The predicted octanol–water partition coefficient (Wildman–Crippen LogP) is 7.15. The van der Waals surface area contributed by atoms with Crippen LogP contribution < -0.4 is 4.74 Å². The van der Waals surface area contributed by atoms with Gasteiger partial charge in [-0.3, -0.25) is 0 Å². The number of benzene rings is 2. The van der Waals surface area contributed by atoms with Gasteiger partial charge in [0.25, 0.3) is 0 Å². The molecule has 2 aliphatic carbocycles. The highest BCUT2D eigenvalue weighted by molar-refractivity contribution is 5.89. The lowest BCUT2D eigenvalue weighted by Gasteiger charge is -2.28. The van der Waals surface area contributed by atoms with Gasteiger partial charge >= 0.3 is 5.97 Å². The van der Waals surface area contributed by atoms with Crippen LogP contribution in [0.1, 0.15) is 84.8 Å². The highest BCUT2D eigenvalue weighted by atomic mass is 16.5. The molecule has 2 aromatic heterocycles. The SMILES string of the molecule is Cc1cc([C@@H]2C[C@H]2c2c(C(=O)O)cnn2-c2cccc(-c3cccc(O[C@@H](C)C4CCCCC4)c3)c2)on1. The average molecular weight is 512 g/mol. The molecule has 2 saturated carbocycles. The van der Waals surface area contributed by atoms with E-state index in [0.29, 0.717) is 11.6 Å². The van der Waals surface area contributed by atoms with Gasteiger partial charge in [0, 0.05) is 17.9 Å². The number of ether oxygens (including phenoxy) is 1. The number of nitrogens with zero attached hydrogens (tertiary/aromatic N) is 3. The number of hydrogen-bond acceptors (Lipinski definition) is 5. The quantitative estimate of drug-likeness (QED) is 0.270. The number of aromatic carboxylic acids is 1. The molecule has 0 radical (unpaired) electrons. The van der Waals surface area contributed by atoms with Crippen molar-refractivity contribution >= 4 is 5.97 Å². The van der Waals surface area contributed by atoms with Crippen LogP contribution in [-0.2, 0) is 0 Å². The predicted molar refractivity (Wildman–Crippen MR) is 144 cm³/mol. The zero-order valence-electron chi connectivity index (χ0n) is 21.8. The molecule has 3 atom stereocenters. The van der Waals surface area contributed by atoms with Gasteiger partial charge in [-0.15, -0.1) is 0 Å². The molecule has 6 rings (SSSR count). The molecule has 38 heavy (non-hydrogen) atoms. The van der Waals surface area contributed by atoms with Crippen LogP contribution in [0.2, 0.25) is 0 Å². The van der Waals surface area contributed by atoms with Crippen molar-refractivity contribution in [2.45, 2.75) is 70.3 Å². The molecule has 7 heteroatoms. The summed E-state index contributed by atoms with van der Waals surface area (Å²) in [6, 6.07) is 18.2. The maximum atomic E-state index is 12.1. The van der Waals surface area contributed by atoms with Crippen LogP contribution in [0, 0.1) is 12.8 Å². The first kappa shape index (κ1) is 24.5. The van der Waals surface area contributed by atoms with Gasteiger partial charge in [-0.1, -0.05) is 48.7 Å². The van der Waals surface area contributed by atoms with Crippen molar-refractivity contribution in [3.05, 3.63) is 83.5 Å². The Morgan fingerprint density at radius 3 is 2.55 bits per heavy atom. The maximum Gasteiger partial charge on any atom is 0.339 e. The average Bonchev–Trinajstić information content (AvgIpc) is 3.38. The van der Waals surface area contributed by atoms with Crippen molar-refractivity contribution in [1.29, 1.82) is 0 Å². The zero-order chi connectivity index (χ0) is 26.2. The van der Waals surface area contributed by atoms with E-state index in [9.17, 15) is 9.90 Å². The largest absolute Gasteiger partial charge is 0.490 e. The van der Waals surface area contributed by atoms with Crippen molar-refractivity contribution in [2.24, 2.45) is 5.92 Å². The first-order chi connectivity index (χ1) is 18.5. The fourth-order valence-electron chi connectivity index (χ4n) is 5.94. The Hall–Kier alpha value is -3.87. The molecule has 2 aliphatic rings. The Balaban J connectivity index is 1.28. The van der Waals surface area contributed by atoms with Crippen molar-refractivity contribution in [2.75, 3.05) is 0 Å². The smallest absolute Gasteiger partial charge is 0.339 e. The minimum Gasteiger partial charge on any atom is -0.490 e. The molecule has 0 spiro atoms. The van der Waals surface area contributed by atoms with Crippen LogP contribution in [0.5, 0.6) is 5.75 Å². The first-order valence-corrected chi connectivity index (χ1v) is 13.6. The Morgan fingerprint density at radius 2 is 1.82 bits per heavy atom. The van der Waals surface area contributed by atoms with Gasteiger partial charge in [0.1, 0.15) is 17.1 Å². The zero-order valence-corrected chi connectivity index (χ0v) is 21.8. The molecular formula is C31H33N3O4. The van der Waals surface area contributed by atoms with E-state index in [1.54, 1.807) is 4.68 Å². The third kappa shape index (κ3) is 4.85. The molecule has 0 aliphatic heterocycles. The highest BCUT2D eigenvalue weighted by Crippen LogP contribution is 2.55. The summed E-state index contributed by atoms with van der Waals surface area (Å²) in [6.45, 7) is 4.08. The fraction of sp³-hybridized carbons (Fsp3) is 0.387. The minimum atomic E-state index is -0.973. The summed E-state index contributed by atoms with van der Waals surface area (Å²) in [5.74, 6) is 1.43. The lowest BCUT2D eigenvalue weighted by atomic mass is 9.86. The Kier molecular flexibility index (Phi) is 6.52. The summed E-state index contributed by atoms with van der Waals surface area (Å²) < 4.78 is 13.6. The number of rotatable bonds is 8. The molecule has 0 saturated heterocycles. The summed E-state index contributed by atoms with van der Waals surface area (Å²) in [5.41, 5.74) is 4.65. The molecule has 2 fully saturated rings. The molecule has 4 aromatic rings. The van der Waals surface area contributed by atoms with Crippen LogP contribution in [-0.4, -0.2) is 32.1 Å². The maximum absolute atomic E-state index is 12.1. The summed E-state index contributed by atoms with van der Waals surface area (Å²) in [6.07, 6.45) is 8.86. The van der Waals surface area contributed by atoms with Crippen molar-refractivity contribution in [1.82, 2.24) is 14.9 Å². The van der Waals surface area contributed by atoms with E-state index < -0.39 is 5.97 Å². The standard InChI is InChI=1S/C31H33N3O4/c1-19-14-29(38-33-19)26-17-27(26)30-28(31(35)36)18-32-34(30)24-12-6-10-22(15-24)23-11-7-13-25(16-23)37-20(2)21-8-4-3-5-9-21/h6-7,10-16,18,20-21,26-27H,3-5,8-9,17H2,1-2H3,(H,35,36)/t20-,26+,27+/m0/s1. The van der Waals surface area contributed by atoms with Crippen molar-refractivity contribution in [3.8, 4) is 22.6 Å². The second-order valence-corrected chi connectivity index (χ2v) is 10.8. The summed E-state index contributed by atoms with van der Waals surface area (Å²) >= 11 is 0. The topological polar surface area (TPSA) is 90.4 Å². The number of aryl methyl sites for hydroxylation is 1. The van der Waals surface area contributed by atoms with E-state index in [2.05, 4.69) is 41.4 Å². The molecule has 1 N–H and O–H groups in total. The molecular weight excluding hydrogens is 478 g/mol. The number of carbonyl (C=O) groups is 1. The van der Waals surface area contributed by atoms with Crippen LogP contribution in [0.3, 0.4) is 0 Å². The van der Waals surface area contributed by atoms with Gasteiger partial charge in [0.2, 0.25) is 0 Å². The van der Waals surface area contributed by atoms with Gasteiger partial charge in [-0.25, -0.2) is 9.48 Å². The number of carboxylic acids is 1. The summed E-state index contributed by atoms with van der Waals surface area (Å²) in [5, 5.41) is 18.4. The van der Waals surface area contributed by atoms with E-state index >= 15 is 0 Å². The molecule has 2 heterocycles. The fourth-order valence-corrected chi connectivity index (χ4v) is 5.94. The highest BCUT2D eigenvalue weighted by Gasteiger charge is 2.46. The van der Waals surface area contributed by atoms with E-state index in [4.69, 9.17) is 9.26 Å². The van der Waals surface area contributed by atoms with Crippen LogP contribution in [0.4, 0.5) is 0 Å². The molecule has 7 nitrogen and oxygen atoms in total. The van der Waals surface area contributed by atoms with Gasteiger partial charge in [-0.05, 0) is 74.4 Å². The second-order valence-electron chi connectivity index (χ2n) is 10.8. The Bertz CT molecular complexity index is 1450. The van der Waals surface area contributed by atoms with Gasteiger partial charge in [0.05, 0.1) is 29.4 Å². The molecule has 196 valence electrons. The normalized spacial score (nSPS) is 20.3. The molecule has 0 bridgehead atoms. The van der Waals surface area contributed by atoms with E-state index in [1.807, 2.05) is 37.3 Å². The Morgan fingerprint density at radius 1 is 1.05 bits per heavy atom. The van der Waals surface area contributed by atoms with Crippen molar-refractivity contribution < 1.29 is 19.2 Å². The summed E-state index contributed by atoms with van der Waals surface area (Å²) in [4.78, 5) is 12.1. The van der Waals surface area contributed by atoms with Crippen LogP contribution in [0.15, 0.2) is 65.3 Å². The molecule has 2 aromatic carbocycles. The van der Waals surface area contributed by atoms with Gasteiger partial charge in [-0.2, -0.15) is 5.10 Å². The molecule has 0 unspecified atom stereocenters. The van der Waals surface area contributed by atoms with Crippen LogP contribution in [0.25, 0.3) is 16.8 Å².